The third kappa shape index (κ3) is 3.43. The first-order valence-corrected chi connectivity index (χ1v) is 7.22. The maximum absolute atomic E-state index is 5.84. The first-order chi connectivity index (χ1) is 8.31. The smallest absolute Gasteiger partial charge is 0.138 e. The van der Waals surface area contributed by atoms with Crippen LogP contribution in [0.15, 0.2) is 6.33 Å². The minimum absolute atomic E-state index is 0.283. The molecule has 0 spiro atoms. The Morgan fingerprint density at radius 1 is 1.71 bits per heavy atom. The van der Waals surface area contributed by atoms with Gasteiger partial charge in [0.05, 0.1) is 12.7 Å². The number of hydrogen-bond donors (Lipinski definition) is 1. The molecule has 1 aliphatic rings. The second kappa shape index (κ2) is 6.37. The molecule has 1 saturated heterocycles. The fourth-order valence-corrected chi connectivity index (χ4v) is 2.98. The summed E-state index contributed by atoms with van der Waals surface area (Å²) in [5.74, 6) is 3.18. The standard InChI is InChI=1S/C11H20N4OS/c1-3-12-9(10-7-17-5-4-16-10)6-11-13-8-14-15(11)2/h8-10,12H,3-7H2,1-2H3. The molecule has 1 aliphatic heterocycles. The fourth-order valence-electron chi connectivity index (χ4n) is 2.04. The largest absolute Gasteiger partial charge is 0.375 e. The van der Waals surface area contributed by atoms with Crippen molar-refractivity contribution in [3.63, 3.8) is 0 Å². The van der Waals surface area contributed by atoms with Crippen LogP contribution in [0, 0.1) is 0 Å². The minimum atomic E-state index is 0.283. The first-order valence-electron chi connectivity index (χ1n) is 6.07. The highest BCUT2D eigenvalue weighted by molar-refractivity contribution is 7.99. The van der Waals surface area contributed by atoms with Crippen LogP contribution in [0.5, 0.6) is 0 Å². The zero-order valence-electron chi connectivity index (χ0n) is 10.4. The molecule has 0 aromatic carbocycles. The van der Waals surface area contributed by atoms with Gasteiger partial charge in [0.25, 0.3) is 0 Å². The monoisotopic (exact) mass is 256 g/mol. The number of ether oxygens (including phenoxy) is 1. The van der Waals surface area contributed by atoms with Gasteiger partial charge < -0.3 is 10.1 Å². The van der Waals surface area contributed by atoms with E-state index in [4.69, 9.17) is 4.74 Å². The molecule has 1 aromatic heterocycles. The van der Waals surface area contributed by atoms with Gasteiger partial charge in [-0.1, -0.05) is 6.92 Å². The average Bonchev–Trinajstić information content (AvgIpc) is 2.76. The van der Waals surface area contributed by atoms with E-state index in [1.165, 1.54) is 0 Å². The van der Waals surface area contributed by atoms with Crippen LogP contribution in [0.1, 0.15) is 12.7 Å². The van der Waals surface area contributed by atoms with E-state index < -0.39 is 0 Å². The van der Waals surface area contributed by atoms with Gasteiger partial charge in [-0.25, -0.2) is 4.98 Å². The van der Waals surface area contributed by atoms with Gasteiger partial charge in [-0.2, -0.15) is 16.9 Å². The Hall–Kier alpha value is -0.590. The molecular weight excluding hydrogens is 236 g/mol. The molecule has 2 heterocycles. The zero-order valence-corrected chi connectivity index (χ0v) is 11.2. The second-order valence-corrected chi connectivity index (χ2v) is 5.30. The molecule has 0 aliphatic carbocycles. The topological polar surface area (TPSA) is 52.0 Å². The van der Waals surface area contributed by atoms with Crippen molar-refractivity contribution in [3.05, 3.63) is 12.2 Å². The molecule has 96 valence electrons. The molecule has 17 heavy (non-hydrogen) atoms. The highest BCUT2D eigenvalue weighted by Gasteiger charge is 2.25. The van der Waals surface area contributed by atoms with Gasteiger partial charge in [0.15, 0.2) is 0 Å². The van der Waals surface area contributed by atoms with E-state index >= 15 is 0 Å². The van der Waals surface area contributed by atoms with Gasteiger partial charge in [0.2, 0.25) is 0 Å². The Bertz CT molecular complexity index is 338. The Kier molecular flexibility index (Phi) is 4.82. The highest BCUT2D eigenvalue weighted by Crippen LogP contribution is 2.17. The van der Waals surface area contributed by atoms with Crippen LogP contribution < -0.4 is 5.32 Å². The van der Waals surface area contributed by atoms with Crippen LogP contribution in [0.25, 0.3) is 0 Å². The average molecular weight is 256 g/mol. The molecule has 2 unspecified atom stereocenters. The van der Waals surface area contributed by atoms with E-state index in [-0.39, 0.29) is 6.10 Å². The Balaban J connectivity index is 1.98. The van der Waals surface area contributed by atoms with Crippen molar-refractivity contribution in [2.45, 2.75) is 25.5 Å². The summed E-state index contributed by atoms with van der Waals surface area (Å²) in [6, 6.07) is 0.329. The predicted octanol–water partition coefficient (Wildman–Crippen LogP) is 0.468. The number of aryl methyl sites for hydroxylation is 1. The van der Waals surface area contributed by atoms with Gasteiger partial charge in [-0.15, -0.1) is 0 Å². The summed E-state index contributed by atoms with van der Waals surface area (Å²) in [5, 5.41) is 7.61. The van der Waals surface area contributed by atoms with Crippen LogP contribution >= 0.6 is 11.8 Å². The number of rotatable bonds is 5. The number of thioether (sulfide) groups is 1. The van der Waals surface area contributed by atoms with Gasteiger partial charge in [-0.3, -0.25) is 4.68 Å². The third-order valence-electron chi connectivity index (χ3n) is 2.96. The fraction of sp³-hybridized carbons (Fsp3) is 0.818. The Morgan fingerprint density at radius 2 is 2.59 bits per heavy atom. The molecule has 1 aromatic rings. The van der Waals surface area contributed by atoms with E-state index in [1.807, 2.05) is 23.5 Å². The summed E-state index contributed by atoms with van der Waals surface area (Å²) < 4.78 is 7.67. The van der Waals surface area contributed by atoms with Crippen molar-refractivity contribution in [1.29, 1.82) is 0 Å². The van der Waals surface area contributed by atoms with Crippen LogP contribution in [-0.4, -0.2) is 51.6 Å². The number of nitrogens with zero attached hydrogens (tertiary/aromatic N) is 3. The summed E-state index contributed by atoms with van der Waals surface area (Å²) in [5.41, 5.74) is 0. The van der Waals surface area contributed by atoms with E-state index in [2.05, 4.69) is 22.3 Å². The van der Waals surface area contributed by atoms with Gasteiger partial charge in [-0.05, 0) is 6.54 Å². The number of likely N-dealkylation sites (N-methyl/N-ethyl adjacent to an activating group) is 1. The summed E-state index contributed by atoms with van der Waals surface area (Å²) in [6.07, 6.45) is 2.76. The van der Waals surface area contributed by atoms with Crippen molar-refractivity contribution in [2.75, 3.05) is 24.7 Å². The SMILES string of the molecule is CCNC(Cc1ncnn1C)C1CSCCO1. The maximum atomic E-state index is 5.84. The van der Waals surface area contributed by atoms with Gasteiger partial charge >= 0.3 is 0 Å². The van der Waals surface area contributed by atoms with Gasteiger partial charge in [0, 0.05) is 31.0 Å². The first kappa shape index (κ1) is 12.9. The maximum Gasteiger partial charge on any atom is 0.138 e. The normalized spacial score (nSPS) is 22.6. The molecule has 2 rings (SSSR count). The molecule has 0 amide bonds. The molecule has 2 atom stereocenters. The Morgan fingerprint density at radius 3 is 3.18 bits per heavy atom. The quantitative estimate of drug-likeness (QED) is 0.830. The number of hydrogen-bond acceptors (Lipinski definition) is 5. The molecule has 0 radical (unpaired) electrons. The lowest BCUT2D eigenvalue weighted by molar-refractivity contribution is 0.0469. The lowest BCUT2D eigenvalue weighted by Gasteiger charge is -2.30. The molecule has 0 saturated carbocycles. The van der Waals surface area contributed by atoms with Crippen molar-refractivity contribution in [1.82, 2.24) is 20.1 Å². The van der Waals surface area contributed by atoms with Crippen molar-refractivity contribution >= 4 is 11.8 Å². The molecule has 0 bridgehead atoms. The molecule has 5 nitrogen and oxygen atoms in total. The van der Waals surface area contributed by atoms with E-state index in [1.54, 1.807) is 6.33 Å². The summed E-state index contributed by atoms with van der Waals surface area (Å²) in [7, 11) is 1.93. The van der Waals surface area contributed by atoms with E-state index in [0.29, 0.717) is 6.04 Å². The zero-order chi connectivity index (χ0) is 12.1. The van der Waals surface area contributed by atoms with Crippen molar-refractivity contribution in [2.24, 2.45) is 7.05 Å². The van der Waals surface area contributed by atoms with E-state index in [0.717, 1.165) is 36.9 Å². The molecular formula is C11H20N4OS. The molecule has 6 heteroatoms. The second-order valence-electron chi connectivity index (χ2n) is 4.15. The minimum Gasteiger partial charge on any atom is -0.375 e. The van der Waals surface area contributed by atoms with Crippen LogP contribution in [0.2, 0.25) is 0 Å². The highest BCUT2D eigenvalue weighted by atomic mass is 32.2. The van der Waals surface area contributed by atoms with Crippen LogP contribution in [0.4, 0.5) is 0 Å². The summed E-state index contributed by atoms with van der Waals surface area (Å²) in [4.78, 5) is 4.28. The van der Waals surface area contributed by atoms with Crippen LogP contribution in [-0.2, 0) is 18.2 Å². The predicted molar refractivity (Wildman–Crippen MR) is 69.2 cm³/mol. The van der Waals surface area contributed by atoms with E-state index in [9.17, 15) is 0 Å². The third-order valence-corrected chi connectivity index (χ3v) is 3.98. The molecule has 1 fully saturated rings. The lowest BCUT2D eigenvalue weighted by Crippen LogP contribution is -2.46. The summed E-state index contributed by atoms with van der Waals surface area (Å²) >= 11 is 1.97. The Labute approximate surface area is 106 Å². The number of nitrogens with one attached hydrogen (secondary N) is 1. The van der Waals surface area contributed by atoms with Crippen molar-refractivity contribution in [3.8, 4) is 0 Å². The number of aromatic nitrogens is 3. The van der Waals surface area contributed by atoms with Crippen LogP contribution in [0.3, 0.4) is 0 Å². The lowest BCUT2D eigenvalue weighted by atomic mass is 10.1. The van der Waals surface area contributed by atoms with Gasteiger partial charge in [0.1, 0.15) is 12.2 Å². The molecule has 1 N–H and O–H groups in total. The van der Waals surface area contributed by atoms with Crippen molar-refractivity contribution < 1.29 is 4.74 Å². The summed E-state index contributed by atoms with van der Waals surface area (Å²) in [6.45, 7) is 3.93.